The lowest BCUT2D eigenvalue weighted by Gasteiger charge is -2.37. The van der Waals surface area contributed by atoms with Crippen molar-refractivity contribution >= 4 is 33.9 Å². The molecule has 0 aliphatic carbocycles. The van der Waals surface area contributed by atoms with Gasteiger partial charge >= 0.3 is 0 Å². The summed E-state index contributed by atoms with van der Waals surface area (Å²) in [7, 11) is 0. The molecule has 2 N–H and O–H groups in total. The molecule has 162 valence electrons. The molecule has 0 atom stereocenters. The summed E-state index contributed by atoms with van der Waals surface area (Å²) in [5.41, 5.74) is 1.81. The van der Waals surface area contributed by atoms with Gasteiger partial charge in [0.2, 0.25) is 0 Å². The Hall–Kier alpha value is -3.26. The molecule has 7 nitrogen and oxygen atoms in total. The quantitative estimate of drug-likeness (QED) is 0.452. The summed E-state index contributed by atoms with van der Waals surface area (Å²) in [6.07, 6.45) is 1.49. The highest BCUT2D eigenvalue weighted by atomic mass is 32.1. The number of hydrogen-bond donors (Lipinski definition) is 2. The van der Waals surface area contributed by atoms with Crippen LogP contribution in [0.1, 0.15) is 23.0 Å². The fraction of sp³-hybridized carbons (Fsp3) is 0.304. The van der Waals surface area contributed by atoms with Crippen LogP contribution in [0, 0.1) is 0 Å². The van der Waals surface area contributed by atoms with Crippen molar-refractivity contribution in [3.05, 3.63) is 71.5 Å². The molecule has 8 heteroatoms. The SMILES string of the molecule is CCNC(=NCc1ccc(NC(=O)c2ccco2)cc1)N1CCN(c2cccs2)CC1. The Balaban J connectivity index is 1.33. The number of aliphatic imine (C=N–C) groups is 1. The molecule has 0 saturated carbocycles. The predicted octanol–water partition coefficient (Wildman–Crippen LogP) is 3.88. The fourth-order valence-corrected chi connectivity index (χ4v) is 4.26. The predicted molar refractivity (Wildman–Crippen MR) is 126 cm³/mol. The van der Waals surface area contributed by atoms with E-state index in [9.17, 15) is 4.79 Å². The van der Waals surface area contributed by atoms with E-state index >= 15 is 0 Å². The van der Waals surface area contributed by atoms with E-state index in [1.165, 1.54) is 11.3 Å². The first kappa shape index (κ1) is 21.0. The topological polar surface area (TPSA) is 73.1 Å². The molecule has 1 aromatic carbocycles. The van der Waals surface area contributed by atoms with Crippen molar-refractivity contribution in [1.29, 1.82) is 0 Å². The molecular weight excluding hydrogens is 410 g/mol. The Labute approximate surface area is 186 Å². The molecule has 1 fully saturated rings. The molecule has 1 amide bonds. The van der Waals surface area contributed by atoms with E-state index in [0.29, 0.717) is 12.3 Å². The third-order valence-electron chi connectivity index (χ3n) is 5.10. The van der Waals surface area contributed by atoms with Crippen molar-refractivity contribution in [2.75, 3.05) is 42.9 Å². The third-order valence-corrected chi connectivity index (χ3v) is 6.03. The van der Waals surface area contributed by atoms with Crippen molar-refractivity contribution < 1.29 is 9.21 Å². The number of furan rings is 1. The molecular formula is C23H27N5O2S. The Morgan fingerprint density at radius 2 is 1.90 bits per heavy atom. The van der Waals surface area contributed by atoms with E-state index in [4.69, 9.17) is 9.41 Å². The van der Waals surface area contributed by atoms with Crippen LogP contribution in [0.4, 0.5) is 10.7 Å². The zero-order chi connectivity index (χ0) is 21.5. The number of carbonyl (C=O) groups is 1. The maximum absolute atomic E-state index is 12.1. The average Bonchev–Trinajstić information content (AvgIpc) is 3.52. The van der Waals surface area contributed by atoms with Gasteiger partial charge in [0.05, 0.1) is 17.8 Å². The molecule has 3 heterocycles. The lowest BCUT2D eigenvalue weighted by molar-refractivity contribution is 0.0996. The summed E-state index contributed by atoms with van der Waals surface area (Å²) in [4.78, 5) is 21.7. The second-order valence-electron chi connectivity index (χ2n) is 7.22. The van der Waals surface area contributed by atoms with Gasteiger partial charge in [0.25, 0.3) is 5.91 Å². The zero-order valence-electron chi connectivity index (χ0n) is 17.6. The van der Waals surface area contributed by atoms with E-state index in [-0.39, 0.29) is 5.91 Å². The van der Waals surface area contributed by atoms with Gasteiger partial charge in [0.15, 0.2) is 11.7 Å². The van der Waals surface area contributed by atoms with Crippen molar-refractivity contribution in [2.24, 2.45) is 4.99 Å². The normalized spacial score (nSPS) is 14.5. The number of hydrogen-bond acceptors (Lipinski definition) is 5. The Kier molecular flexibility index (Phi) is 6.89. The molecule has 31 heavy (non-hydrogen) atoms. The van der Waals surface area contributed by atoms with E-state index in [2.05, 4.69) is 44.9 Å². The molecule has 1 aliphatic heterocycles. The van der Waals surface area contributed by atoms with Crippen LogP contribution in [0.2, 0.25) is 0 Å². The van der Waals surface area contributed by atoms with Crippen LogP contribution in [0.25, 0.3) is 0 Å². The number of rotatable bonds is 6. The number of amides is 1. The molecule has 4 rings (SSSR count). The van der Waals surface area contributed by atoms with Crippen molar-refractivity contribution in [1.82, 2.24) is 10.2 Å². The monoisotopic (exact) mass is 437 g/mol. The van der Waals surface area contributed by atoms with Crippen molar-refractivity contribution in [3.8, 4) is 0 Å². The lowest BCUT2D eigenvalue weighted by atomic mass is 10.2. The van der Waals surface area contributed by atoms with E-state index in [0.717, 1.165) is 49.9 Å². The molecule has 1 saturated heterocycles. The third kappa shape index (κ3) is 5.46. The molecule has 0 spiro atoms. The van der Waals surface area contributed by atoms with E-state index in [1.807, 2.05) is 24.3 Å². The minimum Gasteiger partial charge on any atom is -0.459 e. The molecule has 1 aliphatic rings. The van der Waals surface area contributed by atoms with Crippen molar-refractivity contribution in [3.63, 3.8) is 0 Å². The summed E-state index contributed by atoms with van der Waals surface area (Å²) in [6.45, 7) is 7.39. The van der Waals surface area contributed by atoms with Crippen LogP contribution in [0.15, 0.2) is 69.6 Å². The summed E-state index contributed by atoms with van der Waals surface area (Å²) in [5.74, 6) is 0.985. The van der Waals surface area contributed by atoms with Crippen LogP contribution >= 0.6 is 11.3 Å². The summed E-state index contributed by atoms with van der Waals surface area (Å²) in [6, 6.07) is 15.4. The first-order chi connectivity index (χ1) is 15.2. The number of benzene rings is 1. The maximum atomic E-state index is 12.1. The second kappa shape index (κ2) is 10.2. The Bertz CT molecular complexity index is 976. The highest BCUT2D eigenvalue weighted by Crippen LogP contribution is 2.22. The number of guanidine groups is 1. The van der Waals surface area contributed by atoms with Gasteiger partial charge in [-0.25, -0.2) is 4.99 Å². The van der Waals surface area contributed by atoms with Gasteiger partial charge < -0.3 is 24.9 Å². The molecule has 3 aromatic rings. The van der Waals surface area contributed by atoms with Gasteiger partial charge in [0.1, 0.15) is 0 Å². The van der Waals surface area contributed by atoms with Gasteiger partial charge in [-0.3, -0.25) is 4.79 Å². The van der Waals surface area contributed by atoms with Gasteiger partial charge in [0, 0.05) is 38.4 Å². The number of thiophene rings is 1. The summed E-state index contributed by atoms with van der Waals surface area (Å²) < 4.78 is 5.12. The van der Waals surface area contributed by atoms with Crippen LogP contribution in [-0.2, 0) is 6.54 Å². The molecule has 0 radical (unpaired) electrons. The lowest BCUT2D eigenvalue weighted by Crippen LogP contribution is -2.52. The number of nitrogens with one attached hydrogen (secondary N) is 2. The van der Waals surface area contributed by atoms with Gasteiger partial charge in [-0.2, -0.15) is 0 Å². The van der Waals surface area contributed by atoms with Gasteiger partial charge in [-0.1, -0.05) is 12.1 Å². The van der Waals surface area contributed by atoms with E-state index < -0.39 is 0 Å². The largest absolute Gasteiger partial charge is 0.459 e. The first-order valence-electron chi connectivity index (χ1n) is 10.5. The number of anilines is 2. The maximum Gasteiger partial charge on any atom is 0.291 e. The van der Waals surface area contributed by atoms with Crippen LogP contribution < -0.4 is 15.5 Å². The zero-order valence-corrected chi connectivity index (χ0v) is 18.4. The minimum absolute atomic E-state index is 0.258. The summed E-state index contributed by atoms with van der Waals surface area (Å²) >= 11 is 1.79. The smallest absolute Gasteiger partial charge is 0.291 e. The Morgan fingerprint density at radius 3 is 2.55 bits per heavy atom. The van der Waals surface area contributed by atoms with Gasteiger partial charge in [-0.05, 0) is 54.3 Å². The molecule has 2 aromatic heterocycles. The summed E-state index contributed by atoms with van der Waals surface area (Å²) in [5, 5.41) is 9.71. The van der Waals surface area contributed by atoms with Crippen LogP contribution in [-0.4, -0.2) is 49.5 Å². The number of piperazine rings is 1. The van der Waals surface area contributed by atoms with Crippen molar-refractivity contribution in [2.45, 2.75) is 13.5 Å². The first-order valence-corrected chi connectivity index (χ1v) is 11.4. The number of nitrogens with zero attached hydrogens (tertiary/aromatic N) is 3. The minimum atomic E-state index is -0.258. The van der Waals surface area contributed by atoms with Gasteiger partial charge in [-0.15, -0.1) is 11.3 Å². The average molecular weight is 438 g/mol. The highest BCUT2D eigenvalue weighted by Gasteiger charge is 2.20. The fourth-order valence-electron chi connectivity index (χ4n) is 3.47. The second-order valence-corrected chi connectivity index (χ2v) is 8.15. The van der Waals surface area contributed by atoms with Crippen LogP contribution in [0.3, 0.4) is 0 Å². The Morgan fingerprint density at radius 1 is 1.10 bits per heavy atom. The molecule has 0 unspecified atom stereocenters. The highest BCUT2D eigenvalue weighted by molar-refractivity contribution is 7.14. The molecule has 0 bridgehead atoms. The van der Waals surface area contributed by atoms with Crippen LogP contribution in [0.5, 0.6) is 0 Å². The standard InChI is InChI=1S/C23H27N5O2S/c1-2-24-23(28-13-11-27(12-14-28)21-6-4-16-31-21)25-17-18-7-9-19(10-8-18)26-22(29)20-5-3-15-30-20/h3-10,15-16H,2,11-14,17H2,1H3,(H,24,25)(H,26,29). The number of carbonyl (C=O) groups excluding carboxylic acids is 1. The van der Waals surface area contributed by atoms with E-state index in [1.54, 1.807) is 23.5 Å².